The van der Waals surface area contributed by atoms with Crippen LogP contribution in [0.2, 0.25) is 0 Å². The third-order valence-electron chi connectivity index (χ3n) is 5.94. The van der Waals surface area contributed by atoms with Gasteiger partial charge in [-0.25, -0.2) is 0 Å². The van der Waals surface area contributed by atoms with E-state index in [0.717, 1.165) is 20.9 Å². The molecule has 0 spiro atoms. The maximum Gasteiger partial charge on any atom is 0.285 e. The van der Waals surface area contributed by atoms with Gasteiger partial charge in [-0.1, -0.05) is 89.2 Å². The molecule has 0 bridgehead atoms. The molecule has 230 valence electrons. The minimum Gasteiger partial charge on any atom is -0.258 e. The Hall–Kier alpha value is -4.94. The summed E-state index contributed by atoms with van der Waals surface area (Å²) in [6.07, 6.45) is 0. The van der Waals surface area contributed by atoms with E-state index in [1.165, 1.54) is 12.1 Å². The summed E-state index contributed by atoms with van der Waals surface area (Å²) in [6.45, 7) is 12.5. The molecule has 0 saturated heterocycles. The third-order valence-corrected chi connectivity index (χ3v) is 8.14. The lowest BCUT2D eigenvalue weighted by Crippen LogP contribution is -2.06. The van der Waals surface area contributed by atoms with Crippen molar-refractivity contribution in [2.75, 3.05) is 0 Å². The normalized spacial score (nSPS) is 10.8. The summed E-state index contributed by atoms with van der Waals surface area (Å²) < 4.78 is -0.0877. The van der Waals surface area contributed by atoms with Gasteiger partial charge < -0.3 is 0 Å². The molecule has 0 N–H and O–H groups in total. The number of rotatable bonds is 4. The number of nitro benzene ring substituents is 2. The van der Waals surface area contributed by atoms with E-state index in [2.05, 4.69) is 77.1 Å². The molecule has 46 heavy (non-hydrogen) atoms. The SMILES string of the molecule is CC(C)(C)Sc1ccc([N+](=O)[O-])c(C#Cc2cccc(C#Cc3cccc(C#Cc4cc(SC(C)(C)C)ccc4[N+](=O)[O-])c3)c2)c1. The highest BCUT2D eigenvalue weighted by Crippen LogP contribution is 2.35. The van der Waals surface area contributed by atoms with E-state index < -0.39 is 9.85 Å². The van der Waals surface area contributed by atoms with Crippen molar-refractivity contribution >= 4 is 34.9 Å². The Morgan fingerprint density at radius 3 is 1.13 bits per heavy atom. The molecule has 0 saturated carbocycles. The maximum absolute atomic E-state index is 11.6. The monoisotopic (exact) mass is 644 g/mol. The van der Waals surface area contributed by atoms with Gasteiger partial charge in [-0.05, 0) is 60.7 Å². The zero-order chi connectivity index (χ0) is 33.5. The van der Waals surface area contributed by atoms with E-state index in [4.69, 9.17) is 0 Å². The maximum atomic E-state index is 11.6. The Kier molecular flexibility index (Phi) is 10.7. The van der Waals surface area contributed by atoms with E-state index in [0.29, 0.717) is 22.3 Å². The first-order chi connectivity index (χ1) is 21.6. The molecule has 6 nitrogen and oxygen atoms in total. The summed E-state index contributed by atoms with van der Waals surface area (Å²) in [4.78, 5) is 24.2. The Bertz CT molecular complexity index is 1860. The number of hydrogen-bond acceptors (Lipinski definition) is 6. The molecule has 0 aromatic heterocycles. The summed E-state index contributed by atoms with van der Waals surface area (Å²) in [6, 6.07) is 24.8. The largest absolute Gasteiger partial charge is 0.285 e. The van der Waals surface area contributed by atoms with E-state index in [-0.39, 0.29) is 20.9 Å². The fourth-order valence-electron chi connectivity index (χ4n) is 4.16. The molecule has 0 fully saturated rings. The highest BCUT2D eigenvalue weighted by molar-refractivity contribution is 8.00. The predicted octanol–water partition coefficient (Wildman–Crippen LogP) is 9.48. The quantitative estimate of drug-likeness (QED) is 0.0952. The van der Waals surface area contributed by atoms with Crippen LogP contribution in [0.4, 0.5) is 11.4 Å². The molecule has 4 rings (SSSR count). The Balaban J connectivity index is 1.58. The molecule has 4 aromatic rings. The zero-order valence-corrected chi connectivity index (χ0v) is 28.1. The van der Waals surface area contributed by atoms with Crippen LogP contribution in [-0.4, -0.2) is 19.3 Å². The van der Waals surface area contributed by atoms with Crippen LogP contribution in [0.25, 0.3) is 0 Å². The molecular formula is C38H32N2O4S2. The average Bonchev–Trinajstić information content (AvgIpc) is 2.96. The molecule has 0 aliphatic heterocycles. The van der Waals surface area contributed by atoms with Crippen molar-refractivity contribution in [1.82, 2.24) is 0 Å². The van der Waals surface area contributed by atoms with Gasteiger partial charge in [0, 0.05) is 53.7 Å². The highest BCUT2D eigenvalue weighted by Gasteiger charge is 2.18. The Labute approximate surface area is 278 Å². The molecule has 0 heterocycles. The predicted molar refractivity (Wildman–Crippen MR) is 188 cm³/mol. The number of nitrogens with zero attached hydrogens (tertiary/aromatic N) is 2. The van der Waals surface area contributed by atoms with Crippen molar-refractivity contribution in [1.29, 1.82) is 0 Å². The lowest BCUT2D eigenvalue weighted by atomic mass is 10.1. The van der Waals surface area contributed by atoms with Crippen molar-refractivity contribution in [3.05, 3.63) is 139 Å². The number of thioether (sulfide) groups is 2. The first-order valence-electron chi connectivity index (χ1n) is 14.4. The van der Waals surface area contributed by atoms with Crippen LogP contribution in [0.5, 0.6) is 0 Å². The van der Waals surface area contributed by atoms with Gasteiger partial charge in [0.25, 0.3) is 11.4 Å². The molecule has 0 aliphatic rings. The van der Waals surface area contributed by atoms with Crippen LogP contribution >= 0.6 is 23.5 Å². The van der Waals surface area contributed by atoms with Gasteiger partial charge in [-0.3, -0.25) is 20.2 Å². The smallest absolute Gasteiger partial charge is 0.258 e. The Morgan fingerprint density at radius 1 is 0.500 bits per heavy atom. The van der Waals surface area contributed by atoms with Gasteiger partial charge in [0.1, 0.15) is 11.1 Å². The molecular weight excluding hydrogens is 613 g/mol. The van der Waals surface area contributed by atoms with E-state index in [9.17, 15) is 20.2 Å². The van der Waals surface area contributed by atoms with Gasteiger partial charge in [0.2, 0.25) is 0 Å². The second kappa shape index (κ2) is 14.4. The first-order valence-corrected chi connectivity index (χ1v) is 16.0. The summed E-state index contributed by atoms with van der Waals surface area (Å²) in [5.74, 6) is 18.4. The van der Waals surface area contributed by atoms with Gasteiger partial charge in [0.15, 0.2) is 0 Å². The molecule has 8 heteroatoms. The molecule has 0 atom stereocenters. The second-order valence-electron chi connectivity index (χ2n) is 12.2. The van der Waals surface area contributed by atoms with E-state index in [1.54, 1.807) is 47.8 Å². The van der Waals surface area contributed by atoms with E-state index >= 15 is 0 Å². The lowest BCUT2D eigenvalue weighted by molar-refractivity contribution is -0.385. The average molecular weight is 645 g/mol. The molecule has 0 unspecified atom stereocenters. The van der Waals surface area contributed by atoms with Crippen LogP contribution in [0.1, 0.15) is 74.9 Å². The van der Waals surface area contributed by atoms with E-state index in [1.807, 2.05) is 48.5 Å². The summed E-state index contributed by atoms with van der Waals surface area (Å²) in [7, 11) is 0. The summed E-state index contributed by atoms with van der Waals surface area (Å²) in [5.41, 5.74) is 3.49. The van der Waals surface area contributed by atoms with Gasteiger partial charge in [-0.15, -0.1) is 23.5 Å². The second-order valence-corrected chi connectivity index (χ2v) is 16.0. The molecule has 0 amide bonds. The van der Waals surface area contributed by atoms with Crippen molar-refractivity contribution in [2.24, 2.45) is 0 Å². The number of nitro groups is 2. The van der Waals surface area contributed by atoms with Gasteiger partial charge >= 0.3 is 0 Å². The Morgan fingerprint density at radius 2 is 0.826 bits per heavy atom. The van der Waals surface area contributed by atoms with Crippen molar-refractivity contribution in [2.45, 2.75) is 60.8 Å². The van der Waals surface area contributed by atoms with Crippen LogP contribution in [-0.2, 0) is 0 Å². The number of benzene rings is 4. The van der Waals surface area contributed by atoms with Crippen LogP contribution in [0, 0.1) is 55.8 Å². The van der Waals surface area contributed by atoms with Crippen LogP contribution in [0.3, 0.4) is 0 Å². The zero-order valence-electron chi connectivity index (χ0n) is 26.4. The lowest BCUT2D eigenvalue weighted by Gasteiger charge is -2.17. The topological polar surface area (TPSA) is 86.3 Å². The first kappa shape index (κ1) is 33.9. The third kappa shape index (κ3) is 10.3. The summed E-state index contributed by atoms with van der Waals surface area (Å²) in [5, 5.41) is 23.2. The van der Waals surface area contributed by atoms with Crippen LogP contribution < -0.4 is 0 Å². The van der Waals surface area contributed by atoms with Gasteiger partial charge in [-0.2, -0.15) is 0 Å². The standard InChI is InChI=1S/C38H32N2O4S2/c1-37(2,3)45-33-19-21-35(39(41)42)31(25-33)17-15-29-11-7-9-27(23-29)13-14-28-10-8-12-30(24-28)16-18-32-26-34(46-38(4,5)6)20-22-36(32)40(43)44/h7-12,19-26H,1-6H3. The number of hydrogen-bond donors (Lipinski definition) is 0. The molecule has 0 aliphatic carbocycles. The highest BCUT2D eigenvalue weighted by atomic mass is 32.2. The minimum absolute atomic E-state index is 0.0317. The van der Waals surface area contributed by atoms with Crippen LogP contribution in [0.15, 0.2) is 94.7 Å². The fourth-order valence-corrected chi connectivity index (χ4v) is 6.20. The van der Waals surface area contributed by atoms with Crippen molar-refractivity contribution in [3.63, 3.8) is 0 Å². The van der Waals surface area contributed by atoms with Crippen molar-refractivity contribution in [3.8, 4) is 35.5 Å². The van der Waals surface area contributed by atoms with Crippen molar-refractivity contribution < 1.29 is 9.85 Å². The van der Waals surface area contributed by atoms with Gasteiger partial charge in [0.05, 0.1) is 9.85 Å². The molecule has 4 aromatic carbocycles. The fraction of sp³-hybridized carbons (Fsp3) is 0.211. The molecule has 0 radical (unpaired) electrons. The minimum atomic E-state index is -0.416. The summed E-state index contributed by atoms with van der Waals surface area (Å²) >= 11 is 3.25.